The second-order valence-electron chi connectivity index (χ2n) is 5.53. The highest BCUT2D eigenvalue weighted by Gasteiger charge is 2.31. The molecular formula is C16H17ClFN3O. The van der Waals surface area contributed by atoms with Crippen LogP contribution in [0.2, 0.25) is 5.02 Å². The zero-order chi connectivity index (χ0) is 15.7. The number of nitrogens with zero attached hydrogens (tertiary/aromatic N) is 3. The Hall–Kier alpha value is -1.88. The number of likely N-dealkylation sites (tertiary alicyclic amines) is 1. The summed E-state index contributed by atoms with van der Waals surface area (Å²) in [6.45, 7) is 0.669. The molecule has 0 spiro atoms. The summed E-state index contributed by atoms with van der Waals surface area (Å²) < 4.78 is 14.6. The maximum Gasteiger partial charge on any atom is 0.274 e. The average Bonchev–Trinajstić information content (AvgIpc) is 2.86. The van der Waals surface area contributed by atoms with Crippen LogP contribution in [-0.4, -0.2) is 27.1 Å². The van der Waals surface area contributed by atoms with E-state index < -0.39 is 0 Å². The Kier molecular flexibility index (Phi) is 4.16. The molecule has 0 saturated carbocycles. The molecule has 0 aliphatic carbocycles. The van der Waals surface area contributed by atoms with Gasteiger partial charge in [0.25, 0.3) is 5.91 Å². The smallest absolute Gasteiger partial charge is 0.274 e. The van der Waals surface area contributed by atoms with Crippen LogP contribution in [0.1, 0.15) is 41.4 Å². The molecule has 1 fully saturated rings. The third-order valence-electron chi connectivity index (χ3n) is 4.12. The molecule has 2 heterocycles. The van der Waals surface area contributed by atoms with Gasteiger partial charge in [-0.25, -0.2) is 4.39 Å². The summed E-state index contributed by atoms with van der Waals surface area (Å²) >= 11 is 6.09. The fourth-order valence-electron chi connectivity index (χ4n) is 2.99. The summed E-state index contributed by atoms with van der Waals surface area (Å²) in [7, 11) is 1.70. The summed E-state index contributed by atoms with van der Waals surface area (Å²) in [5, 5.41) is 4.39. The first-order valence-corrected chi connectivity index (χ1v) is 7.69. The van der Waals surface area contributed by atoms with Crippen molar-refractivity contribution in [2.45, 2.75) is 25.3 Å². The van der Waals surface area contributed by atoms with Gasteiger partial charge in [0.05, 0.1) is 17.3 Å². The molecule has 1 aromatic carbocycles. The molecule has 3 rings (SSSR count). The van der Waals surface area contributed by atoms with E-state index in [2.05, 4.69) is 5.10 Å². The lowest BCUT2D eigenvalue weighted by atomic mass is 9.95. The number of aryl methyl sites for hydroxylation is 1. The van der Waals surface area contributed by atoms with Gasteiger partial charge in [0.1, 0.15) is 11.5 Å². The van der Waals surface area contributed by atoms with Crippen LogP contribution in [-0.2, 0) is 7.05 Å². The van der Waals surface area contributed by atoms with Gasteiger partial charge in [-0.2, -0.15) is 5.10 Å². The van der Waals surface area contributed by atoms with Crippen LogP contribution >= 0.6 is 11.6 Å². The molecule has 1 aliphatic rings. The highest BCUT2D eigenvalue weighted by atomic mass is 35.5. The zero-order valence-corrected chi connectivity index (χ0v) is 13.1. The highest BCUT2D eigenvalue weighted by molar-refractivity contribution is 6.33. The van der Waals surface area contributed by atoms with Gasteiger partial charge < -0.3 is 4.90 Å². The summed E-state index contributed by atoms with van der Waals surface area (Å²) in [5.41, 5.74) is 1.35. The number of carbonyl (C=O) groups excluding carboxylic acids is 1. The maximum atomic E-state index is 13.1. The SMILES string of the molecule is Cn1ncc(Cl)c1C(=O)N1CCCCC1c1ccc(F)cc1. The van der Waals surface area contributed by atoms with Gasteiger partial charge in [-0.15, -0.1) is 0 Å². The van der Waals surface area contributed by atoms with Gasteiger partial charge in [0.2, 0.25) is 0 Å². The molecule has 0 bridgehead atoms. The molecule has 0 N–H and O–H groups in total. The normalized spacial score (nSPS) is 18.5. The molecule has 1 aromatic heterocycles. The van der Waals surface area contributed by atoms with Crippen molar-refractivity contribution in [3.63, 3.8) is 0 Å². The monoisotopic (exact) mass is 321 g/mol. The lowest BCUT2D eigenvalue weighted by molar-refractivity contribution is 0.0600. The topological polar surface area (TPSA) is 38.1 Å². The summed E-state index contributed by atoms with van der Waals surface area (Å²) in [4.78, 5) is 14.7. The number of hydrogen-bond donors (Lipinski definition) is 0. The zero-order valence-electron chi connectivity index (χ0n) is 12.3. The minimum absolute atomic E-state index is 0.0483. The molecule has 2 aromatic rings. The first-order chi connectivity index (χ1) is 10.6. The third kappa shape index (κ3) is 2.73. The second-order valence-corrected chi connectivity index (χ2v) is 5.93. The standard InChI is InChI=1S/C16H17ClFN3O/c1-20-15(13(17)10-19-20)16(22)21-9-3-2-4-14(21)11-5-7-12(18)8-6-11/h5-8,10,14H,2-4,9H2,1H3. The Morgan fingerprint density at radius 2 is 2.05 bits per heavy atom. The lowest BCUT2D eigenvalue weighted by Crippen LogP contribution is -2.39. The summed E-state index contributed by atoms with van der Waals surface area (Å²) in [5.74, 6) is -0.397. The van der Waals surface area contributed by atoms with Crippen LogP contribution in [0.15, 0.2) is 30.5 Å². The first kappa shape index (κ1) is 15.0. The van der Waals surface area contributed by atoms with Gasteiger partial charge in [-0.05, 0) is 37.0 Å². The van der Waals surface area contributed by atoms with Crippen molar-refractivity contribution < 1.29 is 9.18 Å². The number of carbonyl (C=O) groups is 1. The predicted octanol–water partition coefficient (Wildman–Crippen LogP) is 3.58. The van der Waals surface area contributed by atoms with Gasteiger partial charge in [-0.1, -0.05) is 23.7 Å². The highest BCUT2D eigenvalue weighted by Crippen LogP contribution is 2.33. The molecule has 116 valence electrons. The second kappa shape index (κ2) is 6.08. The molecule has 1 aliphatic heterocycles. The number of aromatic nitrogens is 2. The Morgan fingerprint density at radius 3 is 2.68 bits per heavy atom. The van der Waals surface area contributed by atoms with Crippen LogP contribution in [0.5, 0.6) is 0 Å². The van der Waals surface area contributed by atoms with Crippen molar-refractivity contribution in [1.82, 2.24) is 14.7 Å². The van der Waals surface area contributed by atoms with Crippen LogP contribution in [0, 0.1) is 5.82 Å². The maximum absolute atomic E-state index is 13.1. The predicted molar refractivity (Wildman–Crippen MR) is 82.2 cm³/mol. The van der Waals surface area contributed by atoms with Crippen molar-refractivity contribution >= 4 is 17.5 Å². The Labute approximate surface area is 133 Å². The van der Waals surface area contributed by atoms with Gasteiger partial charge in [0, 0.05) is 13.6 Å². The van der Waals surface area contributed by atoms with E-state index in [1.807, 2.05) is 4.90 Å². The Morgan fingerprint density at radius 1 is 1.32 bits per heavy atom. The first-order valence-electron chi connectivity index (χ1n) is 7.32. The molecule has 1 atom stereocenters. The molecule has 22 heavy (non-hydrogen) atoms. The molecule has 1 amide bonds. The Bertz CT molecular complexity index is 664. The fourth-order valence-corrected chi connectivity index (χ4v) is 3.24. The van der Waals surface area contributed by atoms with Gasteiger partial charge >= 0.3 is 0 Å². The molecular weight excluding hydrogens is 305 g/mol. The van der Waals surface area contributed by atoms with Crippen molar-refractivity contribution in [3.8, 4) is 0 Å². The Balaban J connectivity index is 1.93. The number of amides is 1. The molecule has 4 nitrogen and oxygen atoms in total. The van der Waals surface area contributed by atoms with Crippen LogP contribution < -0.4 is 0 Å². The number of rotatable bonds is 2. The molecule has 1 saturated heterocycles. The van der Waals surface area contributed by atoms with Crippen molar-refractivity contribution in [3.05, 3.63) is 52.6 Å². The number of benzene rings is 1. The van der Waals surface area contributed by atoms with E-state index in [0.717, 1.165) is 24.8 Å². The average molecular weight is 322 g/mol. The van der Waals surface area contributed by atoms with Crippen molar-refractivity contribution in [2.24, 2.45) is 7.05 Å². The minimum Gasteiger partial charge on any atom is -0.330 e. The van der Waals surface area contributed by atoms with Crippen LogP contribution in [0.3, 0.4) is 0 Å². The van der Waals surface area contributed by atoms with E-state index in [-0.39, 0.29) is 17.8 Å². The number of halogens is 2. The molecule has 0 radical (unpaired) electrons. The van der Waals surface area contributed by atoms with E-state index in [0.29, 0.717) is 17.3 Å². The molecule has 1 unspecified atom stereocenters. The quantitative estimate of drug-likeness (QED) is 0.848. The number of piperidine rings is 1. The van der Waals surface area contributed by atoms with E-state index in [1.165, 1.54) is 23.0 Å². The van der Waals surface area contributed by atoms with E-state index >= 15 is 0 Å². The minimum atomic E-state index is -0.271. The van der Waals surface area contributed by atoms with Crippen molar-refractivity contribution in [1.29, 1.82) is 0 Å². The lowest BCUT2D eigenvalue weighted by Gasteiger charge is -2.36. The van der Waals surface area contributed by atoms with E-state index in [4.69, 9.17) is 11.6 Å². The van der Waals surface area contributed by atoms with Crippen LogP contribution in [0.4, 0.5) is 4.39 Å². The van der Waals surface area contributed by atoms with E-state index in [9.17, 15) is 9.18 Å². The fraction of sp³-hybridized carbons (Fsp3) is 0.375. The third-order valence-corrected chi connectivity index (χ3v) is 4.39. The van der Waals surface area contributed by atoms with E-state index in [1.54, 1.807) is 19.2 Å². The van der Waals surface area contributed by atoms with Crippen LogP contribution in [0.25, 0.3) is 0 Å². The summed E-state index contributed by atoms with van der Waals surface area (Å²) in [6, 6.07) is 6.31. The largest absolute Gasteiger partial charge is 0.330 e. The molecule has 6 heteroatoms. The van der Waals surface area contributed by atoms with Gasteiger partial charge in [0.15, 0.2) is 0 Å². The summed E-state index contributed by atoms with van der Waals surface area (Å²) in [6.07, 6.45) is 4.35. The van der Waals surface area contributed by atoms with Gasteiger partial charge in [-0.3, -0.25) is 9.48 Å². The van der Waals surface area contributed by atoms with Crippen molar-refractivity contribution in [2.75, 3.05) is 6.54 Å². The number of hydrogen-bond acceptors (Lipinski definition) is 2.